The summed E-state index contributed by atoms with van der Waals surface area (Å²) in [4.78, 5) is 17.0. The van der Waals surface area contributed by atoms with E-state index in [9.17, 15) is 4.79 Å². The van der Waals surface area contributed by atoms with E-state index in [1.54, 1.807) is 18.3 Å². The largest absolute Gasteiger partial charge is 0.281 e. The molecule has 2 aromatic heterocycles. The second-order valence-electron chi connectivity index (χ2n) is 4.65. The summed E-state index contributed by atoms with van der Waals surface area (Å²) in [7, 11) is 0. The molecule has 0 aliphatic rings. The van der Waals surface area contributed by atoms with Crippen LogP contribution in [0.1, 0.15) is 0 Å². The second-order valence-corrected chi connectivity index (χ2v) is 6.45. The van der Waals surface area contributed by atoms with Crippen molar-refractivity contribution in [1.29, 1.82) is 0 Å². The number of rotatable bonds is 1. The van der Waals surface area contributed by atoms with E-state index in [1.807, 2.05) is 24.3 Å². The maximum Gasteiger partial charge on any atom is 0.281 e. The van der Waals surface area contributed by atoms with Crippen LogP contribution >= 0.6 is 34.5 Å². The zero-order valence-corrected chi connectivity index (χ0v) is 13.3. The molecule has 0 saturated heterocycles. The molecule has 0 aliphatic heterocycles. The smallest absolute Gasteiger partial charge is 0.267 e. The fraction of sp³-hybridized carbons (Fsp3) is 0. The van der Waals surface area contributed by atoms with Crippen LogP contribution in [0.4, 0.5) is 0 Å². The number of fused-ring (bicyclic) bond motifs is 2. The fourth-order valence-corrected chi connectivity index (χ4v) is 3.59. The first kappa shape index (κ1) is 13.7. The monoisotopic (exact) mass is 347 g/mol. The van der Waals surface area contributed by atoms with Gasteiger partial charge in [0.25, 0.3) is 5.56 Å². The maximum absolute atomic E-state index is 12.6. The zero-order valence-electron chi connectivity index (χ0n) is 11.0. The summed E-state index contributed by atoms with van der Waals surface area (Å²) < 4.78 is 2.14. The van der Waals surface area contributed by atoms with Crippen LogP contribution < -0.4 is 5.56 Å². The number of benzene rings is 2. The van der Waals surface area contributed by atoms with Crippen molar-refractivity contribution in [2.75, 3.05) is 0 Å². The average molecular weight is 348 g/mol. The molecule has 0 N–H and O–H groups in total. The number of nitrogens with zero attached hydrogens (tertiary/aromatic N) is 3. The molecule has 2 aromatic carbocycles. The summed E-state index contributed by atoms with van der Waals surface area (Å²) in [6.45, 7) is 0. The second kappa shape index (κ2) is 5.05. The molecule has 0 fully saturated rings. The summed E-state index contributed by atoms with van der Waals surface area (Å²) >= 11 is 13.5. The summed E-state index contributed by atoms with van der Waals surface area (Å²) in [5.74, 6) is 0. The van der Waals surface area contributed by atoms with Crippen LogP contribution in [0.3, 0.4) is 0 Å². The molecule has 0 unspecified atom stereocenters. The van der Waals surface area contributed by atoms with Crippen molar-refractivity contribution < 1.29 is 0 Å². The molecule has 7 heteroatoms. The van der Waals surface area contributed by atoms with Crippen LogP contribution in [-0.4, -0.2) is 14.8 Å². The van der Waals surface area contributed by atoms with Crippen molar-refractivity contribution in [3.05, 3.63) is 63.0 Å². The molecule has 0 bridgehead atoms. The third kappa shape index (κ3) is 2.01. The van der Waals surface area contributed by atoms with Gasteiger partial charge in [-0.25, -0.2) is 4.98 Å². The van der Waals surface area contributed by atoms with Crippen molar-refractivity contribution in [2.24, 2.45) is 0 Å². The Morgan fingerprint density at radius 3 is 2.77 bits per heavy atom. The highest BCUT2D eigenvalue weighted by atomic mass is 35.5. The Morgan fingerprint density at radius 1 is 1.09 bits per heavy atom. The van der Waals surface area contributed by atoms with Gasteiger partial charge in [-0.15, -0.1) is 0 Å². The van der Waals surface area contributed by atoms with Gasteiger partial charge in [0.05, 0.1) is 26.3 Å². The Hall–Kier alpha value is -1.95. The van der Waals surface area contributed by atoms with Gasteiger partial charge >= 0.3 is 0 Å². The lowest BCUT2D eigenvalue weighted by Crippen LogP contribution is -2.20. The minimum Gasteiger partial charge on any atom is -0.267 e. The number of halogens is 2. The predicted octanol–water partition coefficient (Wildman–Crippen LogP) is 4.30. The van der Waals surface area contributed by atoms with Gasteiger partial charge in [-0.3, -0.25) is 4.79 Å². The Morgan fingerprint density at radius 2 is 1.91 bits per heavy atom. The molecule has 0 spiro atoms. The van der Waals surface area contributed by atoms with Gasteiger partial charge in [0.1, 0.15) is 5.52 Å². The van der Waals surface area contributed by atoms with E-state index < -0.39 is 0 Å². The molecular weight excluding hydrogens is 341 g/mol. The molecule has 4 nitrogen and oxygen atoms in total. The van der Waals surface area contributed by atoms with E-state index in [0.29, 0.717) is 26.1 Å². The fourth-order valence-electron chi connectivity index (χ4n) is 2.24. The molecular formula is C15H7Cl2N3OS. The first-order valence-corrected chi connectivity index (χ1v) is 7.94. The lowest BCUT2D eigenvalue weighted by molar-refractivity contribution is 0.815. The summed E-state index contributed by atoms with van der Waals surface area (Å²) in [5.41, 5.74) is 0.371. The Bertz CT molecular complexity index is 1090. The lowest BCUT2D eigenvalue weighted by atomic mass is 10.2. The van der Waals surface area contributed by atoms with Gasteiger partial charge in [-0.05, 0) is 18.2 Å². The van der Waals surface area contributed by atoms with Gasteiger partial charge in [0.15, 0.2) is 0 Å². The van der Waals surface area contributed by atoms with Gasteiger partial charge in [-0.1, -0.05) is 52.7 Å². The van der Waals surface area contributed by atoms with Crippen LogP contribution in [0, 0.1) is 0 Å². The van der Waals surface area contributed by atoms with Gasteiger partial charge in [0.2, 0.25) is 5.13 Å². The van der Waals surface area contributed by atoms with E-state index in [0.717, 1.165) is 10.1 Å². The minimum atomic E-state index is -0.209. The Kier molecular flexibility index (Phi) is 3.14. The van der Waals surface area contributed by atoms with Gasteiger partial charge in [-0.2, -0.15) is 9.78 Å². The van der Waals surface area contributed by atoms with E-state index in [1.165, 1.54) is 16.0 Å². The molecule has 4 rings (SSSR count). The molecule has 0 radical (unpaired) electrons. The lowest BCUT2D eigenvalue weighted by Gasteiger charge is -2.01. The van der Waals surface area contributed by atoms with Crippen LogP contribution in [0.5, 0.6) is 0 Å². The highest BCUT2D eigenvalue weighted by Gasteiger charge is 2.14. The first-order chi connectivity index (χ1) is 10.6. The van der Waals surface area contributed by atoms with Crippen molar-refractivity contribution in [2.45, 2.75) is 0 Å². The number of hydrogen-bond donors (Lipinski definition) is 0. The van der Waals surface area contributed by atoms with Crippen LogP contribution in [0.25, 0.3) is 26.1 Å². The number of hydrogen-bond acceptors (Lipinski definition) is 4. The third-order valence-corrected chi connectivity index (χ3v) is 5.11. The first-order valence-electron chi connectivity index (χ1n) is 6.37. The quantitative estimate of drug-likeness (QED) is 0.515. The normalized spacial score (nSPS) is 11.4. The number of aromatic nitrogens is 3. The minimum absolute atomic E-state index is 0.209. The van der Waals surface area contributed by atoms with Crippen LogP contribution in [0.2, 0.25) is 10.0 Å². The van der Waals surface area contributed by atoms with Crippen molar-refractivity contribution in [1.82, 2.24) is 14.8 Å². The topological polar surface area (TPSA) is 47.8 Å². The van der Waals surface area contributed by atoms with Gasteiger partial charge < -0.3 is 0 Å². The van der Waals surface area contributed by atoms with Crippen molar-refractivity contribution >= 4 is 55.5 Å². The van der Waals surface area contributed by atoms with E-state index in [2.05, 4.69) is 10.1 Å². The van der Waals surface area contributed by atoms with Crippen molar-refractivity contribution in [3.63, 3.8) is 0 Å². The molecule has 0 atom stereocenters. The number of thiazole rings is 1. The van der Waals surface area contributed by atoms with Gasteiger partial charge in [0, 0.05) is 5.39 Å². The third-order valence-electron chi connectivity index (χ3n) is 3.32. The summed E-state index contributed by atoms with van der Waals surface area (Å²) in [6, 6.07) is 10.9. The summed E-state index contributed by atoms with van der Waals surface area (Å²) in [5, 5.41) is 6.88. The molecule has 0 aliphatic carbocycles. The molecule has 0 saturated carbocycles. The highest BCUT2D eigenvalue weighted by molar-refractivity contribution is 7.20. The zero-order chi connectivity index (χ0) is 15.3. The molecule has 0 amide bonds. The van der Waals surface area contributed by atoms with E-state index in [-0.39, 0.29) is 5.56 Å². The Labute approximate surface area is 138 Å². The molecule has 4 aromatic rings. The SMILES string of the molecule is O=c1c2ccccc2cnn1-c1nc2c(Cl)c(Cl)ccc2s1. The van der Waals surface area contributed by atoms with Crippen LogP contribution in [-0.2, 0) is 0 Å². The Balaban J connectivity index is 2.01. The maximum atomic E-state index is 12.6. The molecule has 108 valence electrons. The van der Waals surface area contributed by atoms with E-state index in [4.69, 9.17) is 23.2 Å². The van der Waals surface area contributed by atoms with Crippen molar-refractivity contribution in [3.8, 4) is 5.13 Å². The molecule has 2 heterocycles. The predicted molar refractivity (Wildman–Crippen MR) is 90.5 cm³/mol. The molecule has 22 heavy (non-hydrogen) atoms. The van der Waals surface area contributed by atoms with E-state index >= 15 is 0 Å². The summed E-state index contributed by atoms with van der Waals surface area (Å²) in [6.07, 6.45) is 1.65. The average Bonchev–Trinajstić information content (AvgIpc) is 2.96. The van der Waals surface area contributed by atoms with Crippen LogP contribution in [0.15, 0.2) is 47.4 Å². The standard InChI is InChI=1S/C15H7Cl2N3OS/c16-10-5-6-11-13(12(10)17)19-15(22-11)20-14(21)9-4-2-1-3-8(9)7-18-20/h1-7H. The highest BCUT2D eigenvalue weighted by Crippen LogP contribution is 2.34.